The molecule has 1 fully saturated rings. The van der Waals surface area contributed by atoms with Gasteiger partial charge in [0.2, 0.25) is 0 Å². The molecule has 10 heteroatoms. The number of fused-ring (bicyclic) bond motifs is 1. The average Bonchev–Trinajstić information content (AvgIpc) is 3.50. The molecule has 10 nitrogen and oxygen atoms in total. The number of ether oxygens (including phenoxy) is 1. The standard InChI is InChI=1S/C24H31N9O/c1-4-5-18(16-25-2)33-11-8-19(30-33)21-28-23-20(24(29-21)32-12-14-34-15-13-32)27-22(31(23)3)17-6-9-26-10-7-17/h6-11,18,25H,4-5,12-16H2,1-3H3. The summed E-state index contributed by atoms with van der Waals surface area (Å²) < 4.78 is 9.64. The van der Waals surface area contributed by atoms with E-state index in [9.17, 15) is 0 Å². The van der Waals surface area contributed by atoms with Gasteiger partial charge in [0, 0.05) is 50.8 Å². The molecule has 1 aliphatic heterocycles. The van der Waals surface area contributed by atoms with Crippen LogP contribution in [0.1, 0.15) is 25.8 Å². The molecule has 178 valence electrons. The summed E-state index contributed by atoms with van der Waals surface area (Å²) >= 11 is 0. The molecule has 0 amide bonds. The highest BCUT2D eigenvalue weighted by Gasteiger charge is 2.24. The molecule has 4 aromatic rings. The molecule has 1 N–H and O–H groups in total. The van der Waals surface area contributed by atoms with Crippen LogP contribution in [0.3, 0.4) is 0 Å². The molecule has 0 saturated carbocycles. The van der Waals surface area contributed by atoms with E-state index < -0.39 is 0 Å². The summed E-state index contributed by atoms with van der Waals surface area (Å²) in [7, 11) is 3.97. The Bertz CT molecular complexity index is 1240. The highest BCUT2D eigenvalue weighted by molar-refractivity contribution is 5.88. The SMILES string of the molecule is CCCC(CNC)n1ccc(-c2nc(N3CCOCC3)c3nc(-c4ccncc4)n(C)c3n2)n1. The topological polar surface area (TPSA) is 98.8 Å². The van der Waals surface area contributed by atoms with Gasteiger partial charge in [0.25, 0.3) is 0 Å². The van der Waals surface area contributed by atoms with Crippen molar-refractivity contribution in [3.05, 3.63) is 36.8 Å². The van der Waals surface area contributed by atoms with E-state index >= 15 is 0 Å². The Labute approximate surface area is 199 Å². The van der Waals surface area contributed by atoms with Crippen molar-refractivity contribution in [2.75, 3.05) is 44.8 Å². The first-order chi connectivity index (χ1) is 16.7. The van der Waals surface area contributed by atoms with E-state index in [0.29, 0.717) is 25.1 Å². The lowest BCUT2D eigenvalue weighted by molar-refractivity contribution is 0.122. The summed E-state index contributed by atoms with van der Waals surface area (Å²) in [5, 5.41) is 8.15. The Hall–Kier alpha value is -3.37. The number of nitrogens with zero attached hydrogens (tertiary/aromatic N) is 8. The van der Waals surface area contributed by atoms with Crippen LogP contribution >= 0.6 is 0 Å². The fourth-order valence-electron chi connectivity index (χ4n) is 4.47. The van der Waals surface area contributed by atoms with Gasteiger partial charge in [-0.25, -0.2) is 15.0 Å². The van der Waals surface area contributed by atoms with Crippen LogP contribution in [0, 0.1) is 0 Å². The van der Waals surface area contributed by atoms with E-state index in [2.05, 4.69) is 22.1 Å². The Morgan fingerprint density at radius 1 is 1.09 bits per heavy atom. The maximum atomic E-state index is 5.58. The molecule has 1 aliphatic rings. The first kappa shape index (κ1) is 22.4. The van der Waals surface area contributed by atoms with Crippen LogP contribution in [-0.2, 0) is 11.8 Å². The fraction of sp³-hybridized carbons (Fsp3) is 0.458. The average molecular weight is 462 g/mol. The molecule has 0 bridgehead atoms. The van der Waals surface area contributed by atoms with Crippen molar-refractivity contribution in [2.24, 2.45) is 7.05 Å². The van der Waals surface area contributed by atoms with Crippen molar-refractivity contribution in [1.82, 2.24) is 39.6 Å². The van der Waals surface area contributed by atoms with E-state index in [0.717, 1.165) is 66.5 Å². The normalized spacial score (nSPS) is 15.2. The first-order valence-electron chi connectivity index (χ1n) is 11.9. The number of hydrogen-bond acceptors (Lipinski definition) is 8. The van der Waals surface area contributed by atoms with E-state index in [-0.39, 0.29) is 0 Å². The predicted octanol–water partition coefficient (Wildman–Crippen LogP) is 2.69. The maximum absolute atomic E-state index is 5.58. The highest BCUT2D eigenvalue weighted by Crippen LogP contribution is 2.31. The summed E-state index contributed by atoms with van der Waals surface area (Å²) in [6.07, 6.45) is 7.73. The molecule has 0 spiro atoms. The molecule has 0 radical (unpaired) electrons. The van der Waals surface area contributed by atoms with Gasteiger partial charge in [-0.1, -0.05) is 13.3 Å². The molecule has 1 saturated heterocycles. The van der Waals surface area contributed by atoms with Gasteiger partial charge in [-0.3, -0.25) is 9.67 Å². The fourth-order valence-corrected chi connectivity index (χ4v) is 4.47. The second kappa shape index (κ2) is 9.86. The van der Waals surface area contributed by atoms with Gasteiger partial charge in [-0.15, -0.1) is 0 Å². The quantitative estimate of drug-likeness (QED) is 0.428. The molecule has 1 unspecified atom stereocenters. The molecule has 0 aromatic carbocycles. The minimum Gasteiger partial charge on any atom is -0.378 e. The van der Waals surface area contributed by atoms with Gasteiger partial charge in [0.05, 0.1) is 19.3 Å². The van der Waals surface area contributed by atoms with E-state index in [1.54, 1.807) is 12.4 Å². The number of nitrogens with one attached hydrogen (secondary N) is 1. The van der Waals surface area contributed by atoms with E-state index in [4.69, 9.17) is 24.8 Å². The minimum atomic E-state index is 0.293. The maximum Gasteiger partial charge on any atom is 0.184 e. The lowest BCUT2D eigenvalue weighted by Gasteiger charge is -2.28. The monoisotopic (exact) mass is 461 g/mol. The van der Waals surface area contributed by atoms with E-state index in [1.165, 1.54) is 0 Å². The number of hydrogen-bond donors (Lipinski definition) is 1. The second-order valence-corrected chi connectivity index (χ2v) is 8.55. The van der Waals surface area contributed by atoms with Crippen LogP contribution in [0.4, 0.5) is 5.82 Å². The summed E-state index contributed by atoms with van der Waals surface area (Å²) in [6.45, 7) is 5.93. The third-order valence-corrected chi connectivity index (χ3v) is 6.22. The Balaban J connectivity index is 1.62. The van der Waals surface area contributed by atoms with Gasteiger partial charge >= 0.3 is 0 Å². The number of rotatable bonds is 8. The zero-order valence-electron chi connectivity index (χ0n) is 20.0. The molecule has 1 atom stereocenters. The Morgan fingerprint density at radius 3 is 2.62 bits per heavy atom. The number of morpholine rings is 1. The van der Waals surface area contributed by atoms with Crippen LogP contribution in [0.5, 0.6) is 0 Å². The lowest BCUT2D eigenvalue weighted by atomic mass is 10.2. The Kier molecular flexibility index (Phi) is 6.50. The minimum absolute atomic E-state index is 0.293. The summed E-state index contributed by atoms with van der Waals surface area (Å²) in [5.74, 6) is 2.27. The van der Waals surface area contributed by atoms with Crippen molar-refractivity contribution in [3.63, 3.8) is 0 Å². The lowest BCUT2D eigenvalue weighted by Crippen LogP contribution is -2.37. The van der Waals surface area contributed by atoms with Crippen molar-refractivity contribution in [1.29, 1.82) is 0 Å². The smallest absolute Gasteiger partial charge is 0.184 e. The van der Waals surface area contributed by atoms with Crippen LogP contribution in [0.2, 0.25) is 0 Å². The van der Waals surface area contributed by atoms with Gasteiger partial charge in [-0.2, -0.15) is 5.10 Å². The van der Waals surface area contributed by atoms with Gasteiger partial charge in [-0.05, 0) is 31.7 Å². The Morgan fingerprint density at radius 2 is 1.88 bits per heavy atom. The van der Waals surface area contributed by atoms with Crippen LogP contribution in [0.15, 0.2) is 36.8 Å². The number of aromatic nitrogens is 7. The molecule has 4 aromatic heterocycles. The molecule has 5 heterocycles. The third kappa shape index (κ3) is 4.26. The van der Waals surface area contributed by atoms with Gasteiger partial charge in [0.15, 0.2) is 22.8 Å². The number of pyridine rings is 1. The summed E-state index contributed by atoms with van der Waals surface area (Å²) in [6, 6.07) is 6.21. The van der Waals surface area contributed by atoms with Crippen molar-refractivity contribution < 1.29 is 4.74 Å². The number of likely N-dealkylation sites (N-methyl/N-ethyl adjacent to an activating group) is 1. The van der Waals surface area contributed by atoms with Crippen LogP contribution in [0.25, 0.3) is 34.1 Å². The zero-order chi connectivity index (χ0) is 23.5. The summed E-state index contributed by atoms with van der Waals surface area (Å²) in [5.41, 5.74) is 3.33. The van der Waals surface area contributed by atoms with Gasteiger partial charge < -0.3 is 19.5 Å². The molecular formula is C24H31N9O. The molecule has 0 aliphatic carbocycles. The van der Waals surface area contributed by atoms with Gasteiger partial charge in [0.1, 0.15) is 11.5 Å². The van der Waals surface area contributed by atoms with Crippen molar-refractivity contribution in [2.45, 2.75) is 25.8 Å². The number of anilines is 1. The number of aryl methyl sites for hydroxylation is 1. The van der Waals surface area contributed by atoms with Crippen LogP contribution < -0.4 is 10.2 Å². The second-order valence-electron chi connectivity index (χ2n) is 8.55. The zero-order valence-corrected chi connectivity index (χ0v) is 20.0. The predicted molar refractivity (Wildman–Crippen MR) is 132 cm³/mol. The molecule has 34 heavy (non-hydrogen) atoms. The first-order valence-corrected chi connectivity index (χ1v) is 11.9. The molecular weight excluding hydrogens is 430 g/mol. The third-order valence-electron chi connectivity index (χ3n) is 6.22. The van der Waals surface area contributed by atoms with Crippen LogP contribution in [-0.4, -0.2) is 74.2 Å². The summed E-state index contributed by atoms with van der Waals surface area (Å²) in [4.78, 5) is 21.3. The highest BCUT2D eigenvalue weighted by atomic mass is 16.5. The van der Waals surface area contributed by atoms with Crippen molar-refractivity contribution >= 4 is 17.0 Å². The largest absolute Gasteiger partial charge is 0.378 e. The molecule has 5 rings (SSSR count). The number of imidazole rings is 1. The van der Waals surface area contributed by atoms with E-state index in [1.807, 2.05) is 47.7 Å². The van der Waals surface area contributed by atoms with Crippen molar-refractivity contribution in [3.8, 4) is 22.9 Å².